The van der Waals surface area contributed by atoms with Crippen LogP contribution in [-0.4, -0.2) is 35.2 Å². The van der Waals surface area contributed by atoms with Gasteiger partial charge in [0.05, 0.1) is 6.61 Å². The Morgan fingerprint density at radius 3 is 2.88 bits per heavy atom. The Hall–Kier alpha value is -2.91. The van der Waals surface area contributed by atoms with Crippen LogP contribution in [0.25, 0.3) is 0 Å². The van der Waals surface area contributed by atoms with Crippen molar-refractivity contribution in [2.24, 2.45) is 0 Å². The number of para-hydroxylation sites is 1. The van der Waals surface area contributed by atoms with Crippen molar-refractivity contribution >= 4 is 12.0 Å². The summed E-state index contributed by atoms with van der Waals surface area (Å²) >= 11 is 0. The smallest absolute Gasteiger partial charge is 0.429 e. The molecule has 9 nitrogen and oxygen atoms in total. The molecule has 2 heterocycles. The molecule has 1 aromatic heterocycles. The lowest BCUT2D eigenvalue weighted by Crippen LogP contribution is -2.29. The normalized spacial score (nSPS) is 19.8. The first-order valence-electron chi connectivity index (χ1n) is 7.13. The van der Waals surface area contributed by atoms with Crippen LogP contribution in [0.4, 0.5) is 10.6 Å². The first-order chi connectivity index (χ1) is 11.6. The molecule has 0 radical (unpaired) electrons. The maximum Gasteiger partial charge on any atom is 0.514 e. The van der Waals surface area contributed by atoms with Crippen molar-refractivity contribution in [3.8, 4) is 5.75 Å². The van der Waals surface area contributed by atoms with Gasteiger partial charge in [0.15, 0.2) is 12.5 Å². The first kappa shape index (κ1) is 16.0. The number of anilines is 1. The van der Waals surface area contributed by atoms with E-state index in [1.807, 2.05) is 0 Å². The Kier molecular flexibility index (Phi) is 4.73. The average molecular weight is 333 g/mol. The van der Waals surface area contributed by atoms with Crippen LogP contribution in [0.3, 0.4) is 0 Å². The summed E-state index contributed by atoms with van der Waals surface area (Å²) in [6, 6.07) is 9.99. The molecular formula is C15H15N3O6. The lowest BCUT2D eigenvalue weighted by atomic mass is 10.3. The summed E-state index contributed by atoms with van der Waals surface area (Å²) in [5.74, 6) is 0.492. The number of hydrogen-bond acceptors (Lipinski definition) is 8. The first-order valence-corrected chi connectivity index (χ1v) is 7.13. The van der Waals surface area contributed by atoms with Gasteiger partial charge in [-0.25, -0.2) is 9.59 Å². The van der Waals surface area contributed by atoms with Gasteiger partial charge >= 0.3 is 11.8 Å². The van der Waals surface area contributed by atoms with Gasteiger partial charge in [-0.05, 0) is 18.2 Å². The predicted octanol–water partition coefficient (Wildman–Crippen LogP) is 0.913. The molecular weight excluding hydrogens is 318 g/mol. The van der Waals surface area contributed by atoms with Crippen LogP contribution in [0.15, 0.2) is 47.4 Å². The van der Waals surface area contributed by atoms with Gasteiger partial charge in [0.2, 0.25) is 0 Å². The maximum absolute atomic E-state index is 11.7. The molecule has 1 saturated heterocycles. The number of rotatable bonds is 4. The molecule has 1 aromatic carbocycles. The van der Waals surface area contributed by atoms with Crippen molar-refractivity contribution in [3.05, 3.63) is 53.1 Å². The van der Waals surface area contributed by atoms with Crippen LogP contribution in [0.1, 0.15) is 6.23 Å². The highest BCUT2D eigenvalue weighted by Gasteiger charge is 2.29. The second kappa shape index (κ2) is 7.11. The standard InChI is InChI=1S/C15H15N3O6/c16-11-6-7-18(14(19)17-11)12-8-21-13(24-12)9-22-15(20)23-10-4-2-1-3-5-10/h1-7,12-13H,8-9H2,(H2,16,17,19). The van der Waals surface area contributed by atoms with Gasteiger partial charge in [0.1, 0.15) is 18.2 Å². The fraction of sp³-hybridized carbons (Fsp3) is 0.267. The average Bonchev–Trinajstić information content (AvgIpc) is 3.02. The van der Waals surface area contributed by atoms with E-state index in [9.17, 15) is 9.59 Å². The fourth-order valence-corrected chi connectivity index (χ4v) is 2.07. The van der Waals surface area contributed by atoms with E-state index >= 15 is 0 Å². The zero-order valence-electron chi connectivity index (χ0n) is 12.5. The van der Waals surface area contributed by atoms with Gasteiger partial charge in [0.25, 0.3) is 0 Å². The van der Waals surface area contributed by atoms with E-state index in [0.717, 1.165) is 0 Å². The van der Waals surface area contributed by atoms with Crippen molar-refractivity contribution in [2.45, 2.75) is 12.5 Å². The number of carbonyl (C=O) groups excluding carboxylic acids is 1. The lowest BCUT2D eigenvalue weighted by Gasteiger charge is -2.13. The fourth-order valence-electron chi connectivity index (χ4n) is 2.07. The second-order valence-electron chi connectivity index (χ2n) is 4.87. The Morgan fingerprint density at radius 1 is 1.33 bits per heavy atom. The minimum Gasteiger partial charge on any atom is -0.429 e. The van der Waals surface area contributed by atoms with E-state index in [-0.39, 0.29) is 19.0 Å². The quantitative estimate of drug-likeness (QED) is 0.648. The maximum atomic E-state index is 11.7. The summed E-state index contributed by atoms with van der Waals surface area (Å²) in [6.45, 7) is -0.0490. The van der Waals surface area contributed by atoms with Crippen LogP contribution >= 0.6 is 0 Å². The number of nitrogens with zero attached hydrogens (tertiary/aromatic N) is 2. The van der Waals surface area contributed by atoms with Gasteiger partial charge < -0.3 is 24.7 Å². The molecule has 0 amide bonds. The predicted molar refractivity (Wildman–Crippen MR) is 81.2 cm³/mol. The van der Waals surface area contributed by atoms with Crippen molar-refractivity contribution in [1.29, 1.82) is 0 Å². The Morgan fingerprint density at radius 2 is 2.12 bits per heavy atom. The molecule has 2 atom stereocenters. The third kappa shape index (κ3) is 3.89. The molecule has 2 unspecified atom stereocenters. The van der Waals surface area contributed by atoms with E-state index in [0.29, 0.717) is 5.75 Å². The molecule has 126 valence electrons. The summed E-state index contributed by atoms with van der Waals surface area (Å²) in [4.78, 5) is 26.9. The molecule has 0 bridgehead atoms. The van der Waals surface area contributed by atoms with Gasteiger partial charge in [-0.3, -0.25) is 4.57 Å². The Bertz CT molecular complexity index is 763. The van der Waals surface area contributed by atoms with Crippen molar-refractivity contribution in [2.75, 3.05) is 18.9 Å². The zero-order chi connectivity index (χ0) is 16.9. The second-order valence-corrected chi connectivity index (χ2v) is 4.87. The molecule has 0 aliphatic carbocycles. The van der Waals surface area contributed by atoms with Gasteiger partial charge in [0, 0.05) is 6.20 Å². The largest absolute Gasteiger partial charge is 0.514 e. The zero-order valence-corrected chi connectivity index (χ0v) is 12.5. The third-order valence-electron chi connectivity index (χ3n) is 3.18. The van der Waals surface area contributed by atoms with Crippen molar-refractivity contribution in [3.63, 3.8) is 0 Å². The molecule has 2 aromatic rings. The van der Waals surface area contributed by atoms with E-state index in [2.05, 4.69) is 4.98 Å². The van der Waals surface area contributed by atoms with Crippen LogP contribution in [-0.2, 0) is 14.2 Å². The Labute approximate surface area is 136 Å². The van der Waals surface area contributed by atoms with E-state index in [1.54, 1.807) is 30.3 Å². The van der Waals surface area contributed by atoms with Crippen LogP contribution in [0.5, 0.6) is 5.75 Å². The van der Waals surface area contributed by atoms with Crippen LogP contribution < -0.4 is 16.2 Å². The van der Waals surface area contributed by atoms with Crippen molar-refractivity contribution < 1.29 is 23.7 Å². The number of carbonyl (C=O) groups is 1. The number of aromatic nitrogens is 2. The van der Waals surface area contributed by atoms with Crippen molar-refractivity contribution in [1.82, 2.24) is 9.55 Å². The summed E-state index contributed by atoms with van der Waals surface area (Å²) in [7, 11) is 0. The van der Waals surface area contributed by atoms with Crippen LogP contribution in [0.2, 0.25) is 0 Å². The number of ether oxygens (including phenoxy) is 4. The Balaban J connectivity index is 1.49. The van der Waals surface area contributed by atoms with Gasteiger partial charge in [-0.1, -0.05) is 18.2 Å². The number of nitrogen functional groups attached to an aromatic ring is 1. The molecule has 1 fully saturated rings. The van der Waals surface area contributed by atoms with E-state index in [1.165, 1.54) is 16.8 Å². The van der Waals surface area contributed by atoms with Gasteiger partial charge in [-0.15, -0.1) is 0 Å². The molecule has 1 aliphatic rings. The summed E-state index contributed by atoms with van der Waals surface area (Å²) in [6.07, 6.45) is -0.874. The molecule has 2 N–H and O–H groups in total. The highest BCUT2D eigenvalue weighted by atomic mass is 16.8. The van der Waals surface area contributed by atoms with Gasteiger partial charge in [-0.2, -0.15) is 4.98 Å². The molecule has 0 spiro atoms. The van der Waals surface area contributed by atoms with Crippen LogP contribution in [0, 0.1) is 0 Å². The molecule has 1 aliphatic heterocycles. The molecule has 3 rings (SSSR count). The van der Waals surface area contributed by atoms with E-state index < -0.39 is 24.4 Å². The SMILES string of the molecule is Nc1ccn(C2COC(COC(=O)Oc3ccccc3)O2)c(=O)n1. The van der Waals surface area contributed by atoms with E-state index in [4.69, 9.17) is 24.7 Å². The molecule has 24 heavy (non-hydrogen) atoms. The summed E-state index contributed by atoms with van der Waals surface area (Å²) < 4.78 is 22.0. The number of nitrogens with two attached hydrogens (primary N) is 1. The molecule has 0 saturated carbocycles. The topological polar surface area (TPSA) is 115 Å². The lowest BCUT2D eigenvalue weighted by molar-refractivity contribution is -0.105. The minimum absolute atomic E-state index is 0.118. The third-order valence-corrected chi connectivity index (χ3v) is 3.18. The highest BCUT2D eigenvalue weighted by molar-refractivity contribution is 5.63. The monoisotopic (exact) mass is 333 g/mol. The number of hydrogen-bond donors (Lipinski definition) is 1. The summed E-state index contributed by atoms with van der Waals surface area (Å²) in [5.41, 5.74) is 4.88. The molecule has 9 heteroatoms. The highest BCUT2D eigenvalue weighted by Crippen LogP contribution is 2.20. The summed E-state index contributed by atoms with van der Waals surface area (Å²) in [5, 5.41) is 0. The minimum atomic E-state index is -0.872. The number of benzene rings is 1.